The molecule has 0 amide bonds. The summed E-state index contributed by atoms with van der Waals surface area (Å²) in [6, 6.07) is 0. The van der Waals surface area contributed by atoms with Crippen LogP contribution in [0.1, 0.15) is 23.3 Å². The first-order valence-corrected chi connectivity index (χ1v) is 7.22. The molecule has 0 bridgehead atoms. The fraction of sp³-hybridized carbons (Fsp3) is 0.500. The van der Waals surface area contributed by atoms with Gasteiger partial charge in [-0.2, -0.15) is 0 Å². The summed E-state index contributed by atoms with van der Waals surface area (Å²) >= 11 is 0. The fourth-order valence-corrected chi connectivity index (χ4v) is 3.69. The van der Waals surface area contributed by atoms with Crippen LogP contribution in [0.3, 0.4) is 0 Å². The van der Waals surface area contributed by atoms with Crippen molar-refractivity contribution in [3.05, 3.63) is 18.1 Å². The zero-order valence-corrected chi connectivity index (χ0v) is 10.4. The third-order valence-corrected chi connectivity index (χ3v) is 5.14. The molecule has 8 heteroatoms. The van der Waals surface area contributed by atoms with Crippen molar-refractivity contribution in [1.82, 2.24) is 9.97 Å². The van der Waals surface area contributed by atoms with E-state index in [1.54, 1.807) is 0 Å². The topological polar surface area (TPSA) is 109 Å². The normalized spacial score (nSPS) is 21.7. The minimum absolute atomic E-state index is 0.104. The molecule has 2 rings (SSSR count). The monoisotopic (exact) mass is 271 g/mol. The number of carboxylic acid groups (broad SMARTS) is 1. The Morgan fingerprint density at radius 1 is 1.44 bits per heavy atom. The third-order valence-electron chi connectivity index (χ3n) is 2.86. The van der Waals surface area contributed by atoms with Gasteiger partial charge in [0, 0.05) is 18.9 Å². The molecular weight excluding hydrogens is 258 g/mol. The molecule has 98 valence electrons. The van der Waals surface area contributed by atoms with Crippen LogP contribution in [-0.4, -0.2) is 47.0 Å². The van der Waals surface area contributed by atoms with Gasteiger partial charge in [-0.1, -0.05) is 0 Å². The summed E-state index contributed by atoms with van der Waals surface area (Å²) in [6.45, 7) is 0.168. The molecule has 1 aromatic heterocycles. The van der Waals surface area contributed by atoms with Crippen molar-refractivity contribution in [3.8, 4) is 0 Å². The van der Waals surface area contributed by atoms with Crippen molar-refractivity contribution >= 4 is 21.6 Å². The molecule has 0 saturated carbocycles. The maximum absolute atomic E-state index is 11.6. The Balaban J connectivity index is 2.09. The summed E-state index contributed by atoms with van der Waals surface area (Å²) in [6.07, 6.45) is 3.89. The van der Waals surface area contributed by atoms with E-state index in [4.69, 9.17) is 5.11 Å². The number of nitrogens with one attached hydrogen (secondary N) is 1. The highest BCUT2D eigenvalue weighted by Gasteiger charge is 2.31. The zero-order valence-electron chi connectivity index (χ0n) is 9.54. The number of carboxylic acids is 1. The van der Waals surface area contributed by atoms with Gasteiger partial charge in [0.15, 0.2) is 21.3 Å². The molecule has 1 aromatic rings. The molecule has 0 radical (unpaired) electrons. The predicted molar refractivity (Wildman–Crippen MR) is 64.3 cm³/mol. The van der Waals surface area contributed by atoms with E-state index in [1.165, 1.54) is 12.4 Å². The van der Waals surface area contributed by atoms with Crippen LogP contribution in [0.25, 0.3) is 0 Å². The molecule has 1 unspecified atom stereocenters. The van der Waals surface area contributed by atoms with E-state index in [0.717, 1.165) is 0 Å². The van der Waals surface area contributed by atoms with Gasteiger partial charge in [-0.15, -0.1) is 0 Å². The summed E-state index contributed by atoms with van der Waals surface area (Å²) in [5.41, 5.74) is -0.201. The first kappa shape index (κ1) is 12.7. The quantitative estimate of drug-likeness (QED) is 0.802. The maximum Gasteiger partial charge on any atom is 0.358 e. The van der Waals surface area contributed by atoms with E-state index in [-0.39, 0.29) is 23.8 Å². The van der Waals surface area contributed by atoms with Gasteiger partial charge in [-0.05, 0) is 12.8 Å². The number of hydrogen-bond donors (Lipinski definition) is 2. The van der Waals surface area contributed by atoms with E-state index < -0.39 is 21.1 Å². The molecule has 1 saturated heterocycles. The van der Waals surface area contributed by atoms with E-state index >= 15 is 0 Å². The van der Waals surface area contributed by atoms with Crippen LogP contribution in [0.4, 0.5) is 5.82 Å². The van der Waals surface area contributed by atoms with Gasteiger partial charge < -0.3 is 10.4 Å². The first-order valence-electron chi connectivity index (χ1n) is 5.50. The number of aromatic nitrogens is 2. The van der Waals surface area contributed by atoms with Crippen molar-refractivity contribution in [1.29, 1.82) is 0 Å². The van der Waals surface area contributed by atoms with Gasteiger partial charge in [-0.25, -0.2) is 23.2 Å². The Hall–Kier alpha value is -1.70. The Labute approximate surface area is 104 Å². The molecule has 2 heterocycles. The Morgan fingerprint density at radius 3 is 2.78 bits per heavy atom. The number of carbonyl (C=O) groups is 1. The number of sulfone groups is 1. The molecule has 1 aliphatic heterocycles. The molecule has 1 aliphatic rings. The maximum atomic E-state index is 11.6. The lowest BCUT2D eigenvalue weighted by Crippen LogP contribution is -2.26. The molecule has 1 atom stereocenters. The first-order chi connectivity index (χ1) is 8.50. The number of aromatic carboxylic acids is 1. The van der Waals surface area contributed by atoms with Crippen LogP contribution in [0, 0.1) is 0 Å². The summed E-state index contributed by atoms with van der Waals surface area (Å²) in [7, 11) is -3.05. The average molecular weight is 271 g/mol. The van der Waals surface area contributed by atoms with Gasteiger partial charge in [0.05, 0.1) is 11.0 Å². The standard InChI is InChI=1S/C10H13N3O4S/c14-10(15)8-9(12-4-3-11-8)13-6-7-2-1-5-18(7,16)17/h3-4,7H,1-2,5-6H2,(H,12,13)(H,14,15). The lowest BCUT2D eigenvalue weighted by Gasteiger charge is -2.11. The number of anilines is 1. The summed E-state index contributed by atoms with van der Waals surface area (Å²) in [4.78, 5) is 18.4. The fourth-order valence-electron chi connectivity index (χ4n) is 1.92. The van der Waals surface area contributed by atoms with Crippen LogP contribution in [0.15, 0.2) is 12.4 Å². The lowest BCUT2D eigenvalue weighted by molar-refractivity contribution is 0.0691. The van der Waals surface area contributed by atoms with Gasteiger partial charge >= 0.3 is 5.97 Å². The van der Waals surface area contributed by atoms with E-state index in [0.29, 0.717) is 12.8 Å². The highest BCUT2D eigenvalue weighted by molar-refractivity contribution is 7.92. The molecule has 18 heavy (non-hydrogen) atoms. The molecule has 2 N–H and O–H groups in total. The SMILES string of the molecule is O=C(O)c1nccnc1NCC1CCCS1(=O)=O. The van der Waals surface area contributed by atoms with Gasteiger partial charge in [-0.3, -0.25) is 0 Å². The van der Waals surface area contributed by atoms with Crippen LogP contribution >= 0.6 is 0 Å². The van der Waals surface area contributed by atoms with Crippen LogP contribution in [0.2, 0.25) is 0 Å². The minimum atomic E-state index is -3.05. The van der Waals surface area contributed by atoms with Gasteiger partial charge in [0.2, 0.25) is 0 Å². The molecule has 0 aromatic carbocycles. The second-order valence-electron chi connectivity index (χ2n) is 4.07. The second-order valence-corrected chi connectivity index (χ2v) is 6.47. The molecule has 7 nitrogen and oxygen atoms in total. The van der Waals surface area contributed by atoms with Crippen molar-refractivity contribution in [2.24, 2.45) is 0 Å². The van der Waals surface area contributed by atoms with Crippen LogP contribution in [0.5, 0.6) is 0 Å². The minimum Gasteiger partial charge on any atom is -0.476 e. The van der Waals surface area contributed by atoms with E-state index in [9.17, 15) is 13.2 Å². The van der Waals surface area contributed by atoms with Crippen molar-refractivity contribution < 1.29 is 18.3 Å². The van der Waals surface area contributed by atoms with Crippen LogP contribution in [-0.2, 0) is 9.84 Å². The predicted octanol–water partition coefficient (Wildman–Crippen LogP) is 0.164. The Kier molecular flexibility index (Phi) is 3.46. The highest BCUT2D eigenvalue weighted by Crippen LogP contribution is 2.20. The van der Waals surface area contributed by atoms with E-state index in [2.05, 4.69) is 15.3 Å². The Morgan fingerprint density at radius 2 is 2.17 bits per heavy atom. The van der Waals surface area contributed by atoms with Crippen molar-refractivity contribution in [2.45, 2.75) is 18.1 Å². The molecular formula is C10H13N3O4S. The number of rotatable bonds is 4. The van der Waals surface area contributed by atoms with E-state index in [1.807, 2.05) is 0 Å². The zero-order chi connectivity index (χ0) is 13.2. The smallest absolute Gasteiger partial charge is 0.358 e. The highest BCUT2D eigenvalue weighted by atomic mass is 32.2. The average Bonchev–Trinajstić information content (AvgIpc) is 2.66. The summed E-state index contributed by atoms with van der Waals surface area (Å²) in [5, 5.41) is 11.2. The second kappa shape index (κ2) is 4.89. The van der Waals surface area contributed by atoms with Crippen LogP contribution < -0.4 is 5.32 Å². The summed E-state index contributed by atoms with van der Waals surface area (Å²) in [5.74, 6) is -0.891. The number of hydrogen-bond acceptors (Lipinski definition) is 6. The van der Waals surface area contributed by atoms with Crippen molar-refractivity contribution in [2.75, 3.05) is 17.6 Å². The molecule has 0 aliphatic carbocycles. The van der Waals surface area contributed by atoms with Gasteiger partial charge in [0.1, 0.15) is 0 Å². The van der Waals surface area contributed by atoms with Gasteiger partial charge in [0.25, 0.3) is 0 Å². The number of nitrogens with zero attached hydrogens (tertiary/aromatic N) is 2. The molecule has 0 spiro atoms. The summed E-state index contributed by atoms with van der Waals surface area (Å²) < 4.78 is 23.2. The largest absolute Gasteiger partial charge is 0.476 e. The third kappa shape index (κ3) is 2.58. The molecule has 1 fully saturated rings. The lowest BCUT2D eigenvalue weighted by atomic mass is 10.2. The van der Waals surface area contributed by atoms with Crippen molar-refractivity contribution in [3.63, 3.8) is 0 Å². The Bertz CT molecular complexity index is 558.